The Kier molecular flexibility index (Phi) is 5.38. The fraction of sp³-hybridized carbons (Fsp3) is 0.118. The van der Waals surface area contributed by atoms with Gasteiger partial charge in [-0.3, -0.25) is 14.3 Å². The molecule has 0 radical (unpaired) electrons. The lowest BCUT2D eigenvalue weighted by Crippen LogP contribution is -2.41. The highest BCUT2D eigenvalue weighted by molar-refractivity contribution is 7.89. The molecule has 1 atom stereocenters. The summed E-state index contributed by atoms with van der Waals surface area (Å²) in [7, 11) is -4.22. The van der Waals surface area contributed by atoms with Gasteiger partial charge in [0.1, 0.15) is 10.7 Å². The number of aromatic amines is 1. The lowest BCUT2D eigenvalue weighted by molar-refractivity contribution is -0.117. The van der Waals surface area contributed by atoms with Crippen molar-refractivity contribution in [2.24, 2.45) is 0 Å². The molecule has 11 heteroatoms. The molecule has 0 saturated carbocycles. The van der Waals surface area contributed by atoms with Gasteiger partial charge in [-0.15, -0.1) is 0 Å². The van der Waals surface area contributed by atoms with Gasteiger partial charge in [0.05, 0.1) is 6.04 Å². The van der Waals surface area contributed by atoms with Crippen LogP contribution in [0.15, 0.2) is 62.7 Å². The normalized spacial score (nSPS) is 12.5. The van der Waals surface area contributed by atoms with Crippen LogP contribution in [0.2, 0.25) is 0 Å². The van der Waals surface area contributed by atoms with Gasteiger partial charge in [0.2, 0.25) is 15.9 Å². The summed E-state index contributed by atoms with van der Waals surface area (Å²) in [5, 5.41) is 6.09. The maximum atomic E-state index is 13.7. The molecule has 146 valence electrons. The van der Waals surface area contributed by atoms with E-state index in [0.717, 1.165) is 12.1 Å². The molecule has 0 aliphatic rings. The minimum Gasteiger partial charge on any atom is -0.325 e. The Morgan fingerprint density at radius 3 is 2.64 bits per heavy atom. The van der Waals surface area contributed by atoms with Crippen LogP contribution in [0.3, 0.4) is 0 Å². The fourth-order valence-corrected chi connectivity index (χ4v) is 3.64. The Morgan fingerprint density at radius 1 is 1.21 bits per heavy atom. The lowest BCUT2D eigenvalue weighted by Gasteiger charge is -2.15. The van der Waals surface area contributed by atoms with Crippen LogP contribution in [-0.4, -0.2) is 30.5 Å². The molecule has 9 nitrogen and oxygen atoms in total. The first-order chi connectivity index (χ1) is 13.3. The van der Waals surface area contributed by atoms with Crippen LogP contribution in [0.25, 0.3) is 11.4 Å². The van der Waals surface area contributed by atoms with Crippen molar-refractivity contribution in [1.82, 2.24) is 14.9 Å². The van der Waals surface area contributed by atoms with Crippen molar-refractivity contribution in [3.63, 3.8) is 0 Å². The smallest absolute Gasteiger partial charge is 0.325 e. The van der Waals surface area contributed by atoms with Crippen molar-refractivity contribution < 1.29 is 22.1 Å². The minimum atomic E-state index is -4.22. The average molecular weight is 406 g/mol. The van der Waals surface area contributed by atoms with Crippen LogP contribution >= 0.6 is 0 Å². The molecule has 1 aromatic heterocycles. The number of carbonyl (C=O) groups excluding carboxylic acids is 1. The van der Waals surface area contributed by atoms with E-state index >= 15 is 0 Å². The number of anilines is 1. The SMILES string of the molecule is C[C@H](NS(=O)(=O)c1ccccc1F)C(=O)Nc1cccc(-c2noc(=O)[nH]2)c1. The molecule has 0 bridgehead atoms. The van der Waals surface area contributed by atoms with E-state index < -0.39 is 38.4 Å². The van der Waals surface area contributed by atoms with Crippen molar-refractivity contribution in [3.8, 4) is 11.4 Å². The van der Waals surface area contributed by atoms with Gasteiger partial charge in [0.25, 0.3) is 0 Å². The van der Waals surface area contributed by atoms with Gasteiger partial charge in [0, 0.05) is 11.3 Å². The number of nitrogens with one attached hydrogen (secondary N) is 3. The lowest BCUT2D eigenvalue weighted by atomic mass is 10.2. The molecule has 0 aliphatic carbocycles. The second kappa shape index (κ2) is 7.74. The number of aromatic nitrogens is 2. The van der Waals surface area contributed by atoms with E-state index in [9.17, 15) is 22.4 Å². The molecule has 0 spiro atoms. The van der Waals surface area contributed by atoms with E-state index in [0.29, 0.717) is 11.3 Å². The van der Waals surface area contributed by atoms with Crippen LogP contribution < -0.4 is 15.8 Å². The maximum Gasteiger partial charge on any atom is 0.439 e. The molecule has 28 heavy (non-hydrogen) atoms. The largest absolute Gasteiger partial charge is 0.439 e. The van der Waals surface area contributed by atoms with Crippen molar-refractivity contribution >= 4 is 21.6 Å². The predicted octanol–water partition coefficient (Wildman–Crippen LogP) is 1.47. The van der Waals surface area contributed by atoms with Gasteiger partial charge >= 0.3 is 5.76 Å². The molecule has 0 saturated heterocycles. The first kappa shape index (κ1) is 19.5. The maximum absolute atomic E-state index is 13.7. The topological polar surface area (TPSA) is 134 Å². The van der Waals surface area contributed by atoms with Crippen LogP contribution in [0, 0.1) is 5.82 Å². The zero-order chi connectivity index (χ0) is 20.3. The number of carbonyl (C=O) groups is 1. The highest BCUT2D eigenvalue weighted by Crippen LogP contribution is 2.19. The third-order valence-corrected chi connectivity index (χ3v) is 5.27. The van der Waals surface area contributed by atoms with Crippen molar-refractivity contribution in [3.05, 3.63) is 64.9 Å². The van der Waals surface area contributed by atoms with Crippen LogP contribution in [-0.2, 0) is 14.8 Å². The number of benzene rings is 2. The van der Waals surface area contributed by atoms with Crippen LogP contribution in [0.4, 0.5) is 10.1 Å². The molecule has 3 rings (SSSR count). The Labute approximate surface area is 158 Å². The van der Waals surface area contributed by atoms with Gasteiger partial charge in [-0.1, -0.05) is 29.4 Å². The van der Waals surface area contributed by atoms with Gasteiger partial charge in [-0.25, -0.2) is 17.6 Å². The van der Waals surface area contributed by atoms with Crippen LogP contribution in [0.1, 0.15) is 6.92 Å². The molecule has 0 fully saturated rings. The third-order valence-electron chi connectivity index (χ3n) is 3.70. The molecule has 1 heterocycles. The summed E-state index contributed by atoms with van der Waals surface area (Å²) in [6.45, 7) is 1.33. The predicted molar refractivity (Wildman–Crippen MR) is 97.4 cm³/mol. The van der Waals surface area contributed by atoms with Crippen molar-refractivity contribution in [2.75, 3.05) is 5.32 Å². The molecular weight excluding hydrogens is 391 g/mol. The van der Waals surface area contributed by atoms with E-state index in [4.69, 9.17) is 0 Å². The number of rotatable bonds is 6. The van der Waals surface area contributed by atoms with Crippen molar-refractivity contribution in [1.29, 1.82) is 0 Å². The Bertz CT molecular complexity index is 1170. The summed E-state index contributed by atoms with van der Waals surface area (Å²) in [6.07, 6.45) is 0. The van der Waals surface area contributed by atoms with E-state index in [1.165, 1.54) is 25.1 Å². The highest BCUT2D eigenvalue weighted by Gasteiger charge is 2.24. The van der Waals surface area contributed by atoms with E-state index in [1.807, 2.05) is 0 Å². The van der Waals surface area contributed by atoms with E-state index in [2.05, 4.69) is 24.7 Å². The number of amides is 1. The molecule has 3 N–H and O–H groups in total. The van der Waals surface area contributed by atoms with E-state index in [1.54, 1.807) is 18.2 Å². The number of hydrogen-bond donors (Lipinski definition) is 3. The number of H-pyrrole nitrogens is 1. The second-order valence-corrected chi connectivity index (χ2v) is 7.47. The quantitative estimate of drug-likeness (QED) is 0.568. The first-order valence-electron chi connectivity index (χ1n) is 8.00. The number of halogens is 1. The minimum absolute atomic E-state index is 0.175. The monoisotopic (exact) mass is 406 g/mol. The number of hydrogen-bond acceptors (Lipinski definition) is 6. The average Bonchev–Trinajstić information content (AvgIpc) is 3.08. The zero-order valence-corrected chi connectivity index (χ0v) is 15.3. The van der Waals surface area contributed by atoms with Gasteiger partial charge in [-0.2, -0.15) is 4.72 Å². The molecule has 0 aliphatic heterocycles. The summed E-state index contributed by atoms with van der Waals surface area (Å²) in [5.41, 5.74) is 0.812. The second-order valence-electron chi connectivity index (χ2n) is 5.79. The van der Waals surface area contributed by atoms with Crippen molar-refractivity contribution in [2.45, 2.75) is 17.9 Å². The van der Waals surface area contributed by atoms with Gasteiger partial charge in [-0.05, 0) is 31.2 Å². The summed E-state index contributed by atoms with van der Waals surface area (Å²) in [4.78, 5) is 25.2. The number of sulfonamides is 1. The van der Waals surface area contributed by atoms with Gasteiger partial charge < -0.3 is 5.32 Å². The molecule has 2 aromatic carbocycles. The first-order valence-corrected chi connectivity index (χ1v) is 9.49. The zero-order valence-electron chi connectivity index (χ0n) is 14.5. The summed E-state index contributed by atoms with van der Waals surface area (Å²) in [5.74, 6) is -2.13. The summed E-state index contributed by atoms with van der Waals surface area (Å²) >= 11 is 0. The number of nitrogens with zero attached hydrogens (tertiary/aromatic N) is 1. The third kappa shape index (κ3) is 4.32. The highest BCUT2D eigenvalue weighted by atomic mass is 32.2. The van der Waals surface area contributed by atoms with Crippen LogP contribution in [0.5, 0.6) is 0 Å². The molecule has 0 unspecified atom stereocenters. The summed E-state index contributed by atoms with van der Waals surface area (Å²) in [6, 6.07) is 9.99. The molecule has 3 aromatic rings. The summed E-state index contributed by atoms with van der Waals surface area (Å²) < 4.78 is 44.8. The Hall–Kier alpha value is -3.31. The molecule has 1 amide bonds. The standard InChI is InChI=1S/C17H15FN4O5S/c1-10(22-28(25,26)14-8-3-2-7-13(14)18)16(23)19-12-6-4-5-11(9-12)15-20-17(24)27-21-15/h2-10,22H,1H3,(H,19,23)(H,20,21,24)/t10-/m0/s1. The molecular formula is C17H15FN4O5S. The Morgan fingerprint density at radius 2 is 1.96 bits per heavy atom. The van der Waals surface area contributed by atoms with Gasteiger partial charge in [0.15, 0.2) is 5.82 Å². The Balaban J connectivity index is 1.73. The van der Waals surface area contributed by atoms with E-state index in [-0.39, 0.29) is 5.82 Å². The fourth-order valence-electron chi connectivity index (χ4n) is 2.36.